The molecule has 176 valence electrons. The van der Waals surface area contributed by atoms with Gasteiger partial charge in [0.05, 0.1) is 10.6 Å². The van der Waals surface area contributed by atoms with Crippen molar-refractivity contribution in [2.24, 2.45) is 0 Å². The third kappa shape index (κ3) is 5.27. The number of hydrogen-bond donors (Lipinski definition) is 1. The van der Waals surface area contributed by atoms with Crippen molar-refractivity contribution in [1.29, 1.82) is 0 Å². The molecule has 3 aromatic carbocycles. The molecule has 1 heterocycles. The van der Waals surface area contributed by atoms with Crippen LogP contribution in [-0.4, -0.2) is 55.6 Å². The SMILES string of the molecule is CC(=O)N1CCN(S(=O)(=O)c2cccc(C(=O)Nc3ccccc3Oc3ccccc3)c2)CC1. The van der Waals surface area contributed by atoms with Gasteiger partial charge in [-0.05, 0) is 42.5 Å². The van der Waals surface area contributed by atoms with Crippen LogP contribution in [0.15, 0.2) is 83.8 Å². The molecule has 0 unspecified atom stereocenters. The average molecular weight is 480 g/mol. The van der Waals surface area contributed by atoms with Crippen molar-refractivity contribution in [1.82, 2.24) is 9.21 Å². The Kier molecular flexibility index (Phi) is 6.95. The molecule has 0 spiro atoms. The third-order valence-corrected chi connectivity index (χ3v) is 7.42. The number of benzene rings is 3. The number of nitrogens with zero attached hydrogens (tertiary/aromatic N) is 2. The zero-order valence-electron chi connectivity index (χ0n) is 18.7. The molecule has 1 aliphatic heterocycles. The summed E-state index contributed by atoms with van der Waals surface area (Å²) in [7, 11) is -3.80. The van der Waals surface area contributed by atoms with Crippen molar-refractivity contribution in [3.8, 4) is 11.5 Å². The van der Waals surface area contributed by atoms with E-state index in [1.54, 1.807) is 41.3 Å². The van der Waals surface area contributed by atoms with Crippen LogP contribution in [0.1, 0.15) is 17.3 Å². The van der Waals surface area contributed by atoms with E-state index in [1.165, 1.54) is 23.4 Å². The molecule has 0 saturated carbocycles. The summed E-state index contributed by atoms with van der Waals surface area (Å²) < 4.78 is 33.5. The predicted molar refractivity (Wildman–Crippen MR) is 128 cm³/mol. The highest BCUT2D eigenvalue weighted by atomic mass is 32.2. The van der Waals surface area contributed by atoms with Gasteiger partial charge in [-0.2, -0.15) is 4.31 Å². The smallest absolute Gasteiger partial charge is 0.255 e. The van der Waals surface area contributed by atoms with Gasteiger partial charge in [0.1, 0.15) is 5.75 Å². The molecule has 0 bridgehead atoms. The minimum absolute atomic E-state index is 0.0326. The number of carbonyl (C=O) groups excluding carboxylic acids is 2. The molecular formula is C25H25N3O5S. The van der Waals surface area contributed by atoms with E-state index in [4.69, 9.17) is 4.74 Å². The van der Waals surface area contributed by atoms with Crippen LogP contribution >= 0.6 is 0 Å². The quantitative estimate of drug-likeness (QED) is 0.583. The van der Waals surface area contributed by atoms with Crippen molar-refractivity contribution in [3.63, 3.8) is 0 Å². The Morgan fingerprint density at radius 2 is 1.53 bits per heavy atom. The minimum Gasteiger partial charge on any atom is -0.455 e. The molecule has 0 aliphatic carbocycles. The first-order valence-corrected chi connectivity index (χ1v) is 12.3. The predicted octanol–water partition coefficient (Wildman–Crippen LogP) is 3.58. The molecule has 2 amide bonds. The van der Waals surface area contributed by atoms with Gasteiger partial charge in [-0.15, -0.1) is 0 Å². The molecule has 8 nitrogen and oxygen atoms in total. The summed E-state index contributed by atoms with van der Waals surface area (Å²) >= 11 is 0. The van der Waals surface area contributed by atoms with Crippen molar-refractivity contribution in [2.75, 3.05) is 31.5 Å². The standard InChI is InChI=1S/C25H25N3O5S/c1-19(29)27-14-16-28(17-15-27)34(31,32)22-11-7-8-20(18-22)25(30)26-23-12-5-6-13-24(23)33-21-9-3-2-4-10-21/h2-13,18H,14-17H2,1H3,(H,26,30). The van der Waals surface area contributed by atoms with Gasteiger partial charge in [0.2, 0.25) is 15.9 Å². The largest absolute Gasteiger partial charge is 0.455 e. The zero-order chi connectivity index (χ0) is 24.1. The van der Waals surface area contributed by atoms with Crippen LogP contribution in [-0.2, 0) is 14.8 Å². The van der Waals surface area contributed by atoms with E-state index >= 15 is 0 Å². The molecule has 0 aromatic heterocycles. The lowest BCUT2D eigenvalue weighted by molar-refractivity contribution is -0.129. The van der Waals surface area contributed by atoms with E-state index in [0.29, 0.717) is 30.3 Å². The van der Waals surface area contributed by atoms with Crippen LogP contribution in [0.2, 0.25) is 0 Å². The molecule has 1 saturated heterocycles. The summed E-state index contributed by atoms with van der Waals surface area (Å²) in [6.45, 7) is 2.57. The van der Waals surface area contributed by atoms with E-state index in [-0.39, 0.29) is 29.5 Å². The highest BCUT2D eigenvalue weighted by Crippen LogP contribution is 2.29. The van der Waals surface area contributed by atoms with Gasteiger partial charge in [0, 0.05) is 38.7 Å². The first-order chi connectivity index (χ1) is 16.3. The highest BCUT2D eigenvalue weighted by molar-refractivity contribution is 7.89. The Labute approximate surface area is 198 Å². The van der Waals surface area contributed by atoms with Gasteiger partial charge >= 0.3 is 0 Å². The normalized spacial score (nSPS) is 14.4. The fourth-order valence-corrected chi connectivity index (χ4v) is 5.13. The van der Waals surface area contributed by atoms with E-state index in [0.717, 1.165) is 0 Å². The number of para-hydroxylation sites is 3. The second-order valence-corrected chi connectivity index (χ2v) is 9.74. The molecule has 1 N–H and O–H groups in total. The third-order valence-electron chi connectivity index (χ3n) is 5.52. The lowest BCUT2D eigenvalue weighted by Gasteiger charge is -2.33. The number of carbonyl (C=O) groups is 2. The Balaban J connectivity index is 1.50. The number of ether oxygens (including phenoxy) is 1. The molecule has 0 radical (unpaired) electrons. The Hall–Kier alpha value is -3.69. The summed E-state index contributed by atoms with van der Waals surface area (Å²) in [5.41, 5.74) is 0.669. The van der Waals surface area contributed by atoms with Crippen molar-refractivity contribution < 1.29 is 22.7 Å². The van der Waals surface area contributed by atoms with Crippen LogP contribution < -0.4 is 10.1 Å². The summed E-state index contributed by atoms with van der Waals surface area (Å²) in [6, 6.07) is 22.2. The first kappa shape index (κ1) is 23.5. The van der Waals surface area contributed by atoms with Gasteiger partial charge in [-0.25, -0.2) is 8.42 Å². The maximum Gasteiger partial charge on any atom is 0.255 e. The van der Waals surface area contributed by atoms with Crippen molar-refractivity contribution in [3.05, 3.63) is 84.4 Å². The van der Waals surface area contributed by atoms with E-state index in [1.807, 2.05) is 30.3 Å². The zero-order valence-corrected chi connectivity index (χ0v) is 19.5. The lowest BCUT2D eigenvalue weighted by Crippen LogP contribution is -2.49. The number of rotatable bonds is 6. The fraction of sp³-hybridized carbons (Fsp3) is 0.200. The molecule has 1 fully saturated rings. The molecule has 34 heavy (non-hydrogen) atoms. The van der Waals surface area contributed by atoms with E-state index < -0.39 is 15.9 Å². The molecule has 0 atom stereocenters. The molecular weight excluding hydrogens is 454 g/mol. The Morgan fingerprint density at radius 3 is 2.24 bits per heavy atom. The Morgan fingerprint density at radius 1 is 0.853 bits per heavy atom. The lowest BCUT2D eigenvalue weighted by atomic mass is 10.2. The molecule has 1 aliphatic rings. The van der Waals surface area contributed by atoms with Crippen LogP contribution in [0, 0.1) is 0 Å². The monoisotopic (exact) mass is 479 g/mol. The number of piperazine rings is 1. The molecule has 9 heteroatoms. The second kappa shape index (κ2) is 10.1. The maximum absolute atomic E-state index is 13.1. The minimum atomic E-state index is -3.80. The van der Waals surface area contributed by atoms with Crippen LogP contribution in [0.4, 0.5) is 5.69 Å². The van der Waals surface area contributed by atoms with Crippen LogP contribution in [0.25, 0.3) is 0 Å². The number of anilines is 1. The number of nitrogens with one attached hydrogen (secondary N) is 1. The molecule has 3 aromatic rings. The Bertz CT molecular complexity index is 1290. The van der Waals surface area contributed by atoms with Crippen LogP contribution in [0.3, 0.4) is 0 Å². The van der Waals surface area contributed by atoms with Gasteiger partial charge in [0.25, 0.3) is 5.91 Å². The van der Waals surface area contributed by atoms with Crippen molar-refractivity contribution >= 4 is 27.5 Å². The van der Waals surface area contributed by atoms with E-state index in [9.17, 15) is 18.0 Å². The number of amides is 2. The van der Waals surface area contributed by atoms with Gasteiger partial charge < -0.3 is 15.0 Å². The fourth-order valence-electron chi connectivity index (χ4n) is 3.66. The maximum atomic E-state index is 13.1. The average Bonchev–Trinajstić information content (AvgIpc) is 2.86. The molecule has 4 rings (SSSR count). The topological polar surface area (TPSA) is 96.0 Å². The van der Waals surface area contributed by atoms with Gasteiger partial charge in [0.15, 0.2) is 5.75 Å². The summed E-state index contributed by atoms with van der Waals surface area (Å²) in [4.78, 5) is 26.1. The number of hydrogen-bond acceptors (Lipinski definition) is 5. The van der Waals surface area contributed by atoms with Gasteiger partial charge in [-0.1, -0.05) is 36.4 Å². The first-order valence-electron chi connectivity index (χ1n) is 10.8. The number of sulfonamides is 1. The highest BCUT2D eigenvalue weighted by Gasteiger charge is 2.29. The van der Waals surface area contributed by atoms with Gasteiger partial charge in [-0.3, -0.25) is 9.59 Å². The second-order valence-electron chi connectivity index (χ2n) is 7.80. The van der Waals surface area contributed by atoms with Crippen molar-refractivity contribution in [2.45, 2.75) is 11.8 Å². The summed E-state index contributed by atoms with van der Waals surface area (Å²) in [5.74, 6) is 0.561. The summed E-state index contributed by atoms with van der Waals surface area (Å²) in [6.07, 6.45) is 0. The summed E-state index contributed by atoms with van der Waals surface area (Å²) in [5, 5.41) is 2.81. The van der Waals surface area contributed by atoms with E-state index in [2.05, 4.69) is 5.32 Å². The van der Waals surface area contributed by atoms with Crippen LogP contribution in [0.5, 0.6) is 11.5 Å².